The van der Waals surface area contributed by atoms with E-state index in [2.05, 4.69) is 11.1 Å². The van der Waals surface area contributed by atoms with Crippen LogP contribution >= 0.6 is 0 Å². The summed E-state index contributed by atoms with van der Waals surface area (Å²) in [6, 6.07) is 12.2. The van der Waals surface area contributed by atoms with Crippen molar-refractivity contribution in [3.8, 4) is 17.5 Å². The molecule has 3 nitrogen and oxygen atoms in total. The third kappa shape index (κ3) is 1.70. The Morgan fingerprint density at radius 3 is 2.62 bits per heavy atom. The van der Waals surface area contributed by atoms with Gasteiger partial charge in [-0.25, -0.2) is 4.98 Å². The third-order valence-electron chi connectivity index (χ3n) is 2.76. The van der Waals surface area contributed by atoms with E-state index < -0.39 is 0 Å². The molecule has 0 saturated carbocycles. The second-order valence-corrected chi connectivity index (χ2v) is 3.73. The average Bonchev–Trinajstić information content (AvgIpc) is 2.59. The lowest BCUT2D eigenvalue weighted by Gasteiger charge is -2.02. The predicted molar refractivity (Wildman–Crippen MR) is 62.7 cm³/mol. The molecule has 0 amide bonds. The molecule has 1 heterocycles. The predicted octanol–water partition coefficient (Wildman–Crippen LogP) is 2.46. The van der Waals surface area contributed by atoms with Gasteiger partial charge in [-0.3, -0.25) is 0 Å². The lowest BCUT2D eigenvalue weighted by Crippen LogP contribution is -1.94. The van der Waals surface area contributed by atoms with Gasteiger partial charge in [-0.05, 0) is 6.92 Å². The van der Waals surface area contributed by atoms with Crippen molar-refractivity contribution >= 4 is 0 Å². The summed E-state index contributed by atoms with van der Waals surface area (Å²) in [5, 5.41) is 8.72. The van der Waals surface area contributed by atoms with Crippen LogP contribution in [0, 0.1) is 18.3 Å². The summed E-state index contributed by atoms with van der Waals surface area (Å²) in [5.74, 6) is 0.920. The molecule has 0 atom stereocenters. The summed E-state index contributed by atoms with van der Waals surface area (Å²) in [6.45, 7) is 1.99. The van der Waals surface area contributed by atoms with Crippen LogP contribution in [-0.4, -0.2) is 9.55 Å². The fourth-order valence-electron chi connectivity index (χ4n) is 1.72. The minimum Gasteiger partial charge on any atom is -0.331 e. The highest BCUT2D eigenvalue weighted by Crippen LogP contribution is 2.20. The Kier molecular flexibility index (Phi) is 2.74. The molecule has 0 aliphatic heterocycles. The van der Waals surface area contributed by atoms with Crippen LogP contribution in [-0.2, 0) is 13.5 Å². The molecule has 0 saturated heterocycles. The van der Waals surface area contributed by atoms with Gasteiger partial charge in [-0.15, -0.1) is 0 Å². The van der Waals surface area contributed by atoms with Gasteiger partial charge in [0, 0.05) is 18.3 Å². The lowest BCUT2D eigenvalue weighted by molar-refractivity contribution is 0.879. The zero-order valence-electron chi connectivity index (χ0n) is 9.44. The molecular weight excluding hydrogens is 198 g/mol. The van der Waals surface area contributed by atoms with Crippen LogP contribution in [0.4, 0.5) is 0 Å². The lowest BCUT2D eigenvalue weighted by atomic mass is 10.2. The zero-order valence-corrected chi connectivity index (χ0v) is 9.44. The first-order valence-corrected chi connectivity index (χ1v) is 5.18. The van der Waals surface area contributed by atoms with E-state index in [0.29, 0.717) is 6.42 Å². The molecule has 0 aliphatic rings. The molecule has 3 heteroatoms. The van der Waals surface area contributed by atoms with Crippen LogP contribution in [0.3, 0.4) is 0 Å². The van der Waals surface area contributed by atoms with Crippen LogP contribution in [0.15, 0.2) is 30.3 Å². The van der Waals surface area contributed by atoms with Gasteiger partial charge in [0.2, 0.25) is 0 Å². The standard InChI is InChI=1S/C13H13N3/c1-10-12(8-9-14)15-13(16(10)2)11-6-4-3-5-7-11/h3-7H,8H2,1-2H3. The van der Waals surface area contributed by atoms with Gasteiger partial charge in [-0.2, -0.15) is 5.26 Å². The highest BCUT2D eigenvalue weighted by Gasteiger charge is 2.11. The van der Waals surface area contributed by atoms with Gasteiger partial charge in [0.25, 0.3) is 0 Å². The Balaban J connectivity index is 2.52. The third-order valence-corrected chi connectivity index (χ3v) is 2.76. The number of nitriles is 1. The minimum atomic E-state index is 0.368. The Hall–Kier alpha value is -2.08. The van der Waals surface area contributed by atoms with Crippen molar-refractivity contribution in [2.75, 3.05) is 0 Å². The van der Waals surface area contributed by atoms with E-state index >= 15 is 0 Å². The van der Waals surface area contributed by atoms with E-state index in [1.165, 1.54) is 0 Å². The van der Waals surface area contributed by atoms with E-state index in [-0.39, 0.29) is 0 Å². The van der Waals surface area contributed by atoms with Gasteiger partial charge >= 0.3 is 0 Å². The van der Waals surface area contributed by atoms with Crippen molar-refractivity contribution in [3.63, 3.8) is 0 Å². The second-order valence-electron chi connectivity index (χ2n) is 3.73. The monoisotopic (exact) mass is 211 g/mol. The van der Waals surface area contributed by atoms with Gasteiger partial charge in [0.1, 0.15) is 5.82 Å². The van der Waals surface area contributed by atoms with E-state index in [1.54, 1.807) is 0 Å². The first kappa shape index (κ1) is 10.4. The molecule has 2 aromatic rings. The highest BCUT2D eigenvalue weighted by atomic mass is 15.1. The molecule has 0 spiro atoms. The van der Waals surface area contributed by atoms with E-state index in [9.17, 15) is 0 Å². The molecule has 1 aromatic heterocycles. The summed E-state index contributed by atoms with van der Waals surface area (Å²) in [4.78, 5) is 4.51. The van der Waals surface area contributed by atoms with Gasteiger partial charge in [0.05, 0.1) is 18.2 Å². The van der Waals surface area contributed by atoms with E-state index in [4.69, 9.17) is 5.26 Å². The Labute approximate surface area is 95.0 Å². The normalized spacial score (nSPS) is 10.1. The highest BCUT2D eigenvalue weighted by molar-refractivity contribution is 5.56. The van der Waals surface area contributed by atoms with Crippen LogP contribution < -0.4 is 0 Å². The molecule has 16 heavy (non-hydrogen) atoms. The number of aromatic nitrogens is 2. The molecule has 0 radical (unpaired) electrons. The van der Waals surface area contributed by atoms with Crippen molar-refractivity contribution < 1.29 is 0 Å². The van der Waals surface area contributed by atoms with Crippen LogP contribution in [0.1, 0.15) is 11.4 Å². The Bertz CT molecular complexity index is 532. The number of hydrogen-bond donors (Lipinski definition) is 0. The van der Waals surface area contributed by atoms with Crippen molar-refractivity contribution in [1.82, 2.24) is 9.55 Å². The molecular formula is C13H13N3. The summed E-state index contributed by atoms with van der Waals surface area (Å²) in [6.07, 6.45) is 0.368. The summed E-state index contributed by atoms with van der Waals surface area (Å²) in [5.41, 5.74) is 3.00. The van der Waals surface area contributed by atoms with E-state index in [0.717, 1.165) is 22.8 Å². The first-order valence-electron chi connectivity index (χ1n) is 5.18. The van der Waals surface area contributed by atoms with E-state index in [1.807, 2.05) is 48.9 Å². The van der Waals surface area contributed by atoms with Gasteiger partial charge in [-0.1, -0.05) is 30.3 Å². The quantitative estimate of drug-likeness (QED) is 0.765. The number of benzene rings is 1. The summed E-state index contributed by atoms with van der Waals surface area (Å²) in [7, 11) is 1.98. The average molecular weight is 211 g/mol. The molecule has 2 rings (SSSR count). The SMILES string of the molecule is Cc1c(CC#N)nc(-c2ccccc2)n1C. The number of hydrogen-bond acceptors (Lipinski definition) is 2. The molecule has 0 aliphatic carbocycles. The van der Waals surface area contributed by atoms with Crippen molar-refractivity contribution in [2.45, 2.75) is 13.3 Å². The van der Waals surface area contributed by atoms with Crippen molar-refractivity contribution in [2.24, 2.45) is 7.05 Å². The molecule has 1 aromatic carbocycles. The molecule has 0 N–H and O–H groups in total. The second kappa shape index (κ2) is 4.19. The molecule has 0 fully saturated rings. The maximum Gasteiger partial charge on any atom is 0.140 e. The number of nitrogens with zero attached hydrogens (tertiary/aromatic N) is 3. The first-order chi connectivity index (χ1) is 7.74. The minimum absolute atomic E-state index is 0.368. The fourth-order valence-corrected chi connectivity index (χ4v) is 1.72. The zero-order chi connectivity index (χ0) is 11.5. The number of imidazole rings is 1. The van der Waals surface area contributed by atoms with Crippen LogP contribution in [0.25, 0.3) is 11.4 Å². The molecule has 80 valence electrons. The largest absolute Gasteiger partial charge is 0.331 e. The summed E-state index contributed by atoms with van der Waals surface area (Å²) < 4.78 is 2.03. The molecule has 0 unspecified atom stereocenters. The number of rotatable bonds is 2. The maximum absolute atomic E-state index is 8.72. The van der Waals surface area contributed by atoms with Gasteiger partial charge < -0.3 is 4.57 Å². The maximum atomic E-state index is 8.72. The summed E-state index contributed by atoms with van der Waals surface area (Å²) >= 11 is 0. The Morgan fingerprint density at radius 1 is 1.31 bits per heavy atom. The fraction of sp³-hybridized carbons (Fsp3) is 0.231. The van der Waals surface area contributed by atoms with Crippen LogP contribution in [0.5, 0.6) is 0 Å². The van der Waals surface area contributed by atoms with Crippen molar-refractivity contribution in [1.29, 1.82) is 5.26 Å². The topological polar surface area (TPSA) is 41.6 Å². The smallest absolute Gasteiger partial charge is 0.140 e. The van der Waals surface area contributed by atoms with Gasteiger partial charge in [0.15, 0.2) is 0 Å². The van der Waals surface area contributed by atoms with Crippen molar-refractivity contribution in [3.05, 3.63) is 41.7 Å². The van der Waals surface area contributed by atoms with Crippen LogP contribution in [0.2, 0.25) is 0 Å². The Morgan fingerprint density at radius 2 is 2.00 bits per heavy atom. The molecule has 0 bridgehead atoms.